The molecule has 4 N–H and O–H groups in total. The van der Waals surface area contributed by atoms with Crippen molar-refractivity contribution in [3.8, 4) is 0 Å². The van der Waals surface area contributed by atoms with Crippen molar-refractivity contribution in [1.82, 2.24) is 0 Å². The molecular weight excluding hydrogens is 1560 g/mol. The minimum absolute atomic E-state index is 0.0746. The van der Waals surface area contributed by atoms with E-state index in [1.54, 1.807) is 0 Å². The van der Waals surface area contributed by atoms with E-state index in [-0.39, 0.29) is 19.3 Å². The summed E-state index contributed by atoms with van der Waals surface area (Å²) in [6, 6.07) is 0. The molecule has 0 rings (SSSR count). The number of esters is 3. The molecule has 0 radical (unpaired) electrons. The summed E-state index contributed by atoms with van der Waals surface area (Å²) in [6.07, 6.45) is 123. The van der Waals surface area contributed by atoms with Gasteiger partial charge in [-0.1, -0.05) is 403 Å². The first-order valence-corrected chi connectivity index (χ1v) is 51.4. The SMILES string of the molecule is CC/C=C\C/C=C\C/C=C\C/C=C\C/C=C\C/C=C\CCCCCCCCCCCCCCCCCCC(=O)OCC(O)COP(=O)(O)OCC(O)COP(=O)(O)OCC(COC(=O)CCCCCCCCCCCCCCCCCCC/C=C\C/C=C\C/C=C\C/C=C\CCCCC)OC(=O)CCCCCC/C=C\C/C=C\C/C=C\C/C=C\CC. The largest absolute Gasteiger partial charge is 0.472 e. The van der Waals surface area contributed by atoms with Crippen LogP contribution in [0.2, 0.25) is 0 Å². The van der Waals surface area contributed by atoms with Crippen molar-refractivity contribution in [1.29, 1.82) is 0 Å². The molecule has 0 amide bonds. The van der Waals surface area contributed by atoms with Gasteiger partial charge >= 0.3 is 33.6 Å². The Hall–Kier alpha value is -5.09. The number of phosphoric acid groups is 2. The van der Waals surface area contributed by atoms with E-state index in [1.165, 1.54) is 199 Å². The molecule has 0 saturated carbocycles. The van der Waals surface area contributed by atoms with Crippen molar-refractivity contribution in [2.45, 2.75) is 424 Å². The number of aliphatic hydroxyl groups is 2. The highest BCUT2D eigenvalue weighted by Crippen LogP contribution is 2.45. The van der Waals surface area contributed by atoms with Gasteiger partial charge in [0.15, 0.2) is 6.10 Å². The molecular formula is C103H176O16P2. The van der Waals surface area contributed by atoms with Crippen LogP contribution in [0.3, 0.4) is 0 Å². The maximum Gasteiger partial charge on any atom is 0.472 e. The Kier molecular flexibility index (Phi) is 90.1. The fraction of sp³-hybridized carbons (Fsp3) is 0.699. The summed E-state index contributed by atoms with van der Waals surface area (Å²) in [5, 5.41) is 20.7. The fourth-order valence-corrected chi connectivity index (χ4v) is 14.7. The van der Waals surface area contributed by atoms with Crippen LogP contribution in [0.5, 0.6) is 0 Å². The summed E-state index contributed by atoms with van der Waals surface area (Å²) in [5.74, 6) is -1.59. The molecule has 18 heteroatoms. The van der Waals surface area contributed by atoms with Crippen LogP contribution >= 0.6 is 15.6 Å². The molecule has 0 fully saturated rings. The Bertz CT molecular complexity index is 2880. The molecule has 0 aromatic rings. The summed E-state index contributed by atoms with van der Waals surface area (Å²) in [5.41, 5.74) is 0. The number of aliphatic hydroxyl groups excluding tert-OH is 2. The molecule has 0 saturated heterocycles. The van der Waals surface area contributed by atoms with Crippen LogP contribution in [-0.2, 0) is 55.8 Å². The van der Waals surface area contributed by atoms with Crippen LogP contribution in [-0.4, -0.2) is 95.9 Å². The van der Waals surface area contributed by atoms with Gasteiger partial charge in [-0.3, -0.25) is 32.5 Å². The lowest BCUT2D eigenvalue weighted by Gasteiger charge is -2.21. The molecule has 0 aliphatic carbocycles. The number of ether oxygens (including phenoxy) is 3. The van der Waals surface area contributed by atoms with Crippen LogP contribution in [0.25, 0.3) is 0 Å². The highest BCUT2D eigenvalue weighted by Gasteiger charge is 2.30. The first-order valence-electron chi connectivity index (χ1n) is 48.4. The Balaban J connectivity index is 4.47. The van der Waals surface area contributed by atoms with Gasteiger partial charge in [0.2, 0.25) is 0 Å². The van der Waals surface area contributed by atoms with Gasteiger partial charge < -0.3 is 34.2 Å². The van der Waals surface area contributed by atoms with Crippen LogP contribution in [0.15, 0.2) is 170 Å². The molecule has 0 bridgehead atoms. The van der Waals surface area contributed by atoms with Crippen LogP contribution in [0, 0.1) is 0 Å². The predicted molar refractivity (Wildman–Crippen MR) is 509 cm³/mol. The predicted octanol–water partition coefficient (Wildman–Crippen LogP) is 30.2. The summed E-state index contributed by atoms with van der Waals surface area (Å²) in [6.45, 7) is 2.45. The molecule has 5 unspecified atom stereocenters. The smallest absolute Gasteiger partial charge is 0.463 e. The third-order valence-corrected chi connectivity index (χ3v) is 22.3. The van der Waals surface area contributed by atoms with Crippen LogP contribution in [0.4, 0.5) is 0 Å². The molecule has 0 aliphatic heterocycles. The molecule has 0 spiro atoms. The molecule has 0 aliphatic rings. The van der Waals surface area contributed by atoms with Crippen molar-refractivity contribution < 1.29 is 75.8 Å². The quantitative estimate of drug-likeness (QED) is 0.0146. The average Bonchev–Trinajstić information content (AvgIpc) is 0.896. The van der Waals surface area contributed by atoms with E-state index in [9.17, 15) is 43.5 Å². The molecule has 0 heterocycles. The van der Waals surface area contributed by atoms with Gasteiger partial charge in [0.1, 0.15) is 25.4 Å². The highest BCUT2D eigenvalue weighted by molar-refractivity contribution is 7.47. The maximum absolute atomic E-state index is 13.0. The summed E-state index contributed by atoms with van der Waals surface area (Å²) >= 11 is 0. The normalized spacial score (nSPS) is 14.5. The monoisotopic (exact) mass is 1730 g/mol. The number of carbonyl (C=O) groups excluding carboxylic acids is 3. The van der Waals surface area contributed by atoms with E-state index in [4.69, 9.17) is 32.3 Å². The zero-order valence-corrected chi connectivity index (χ0v) is 78.4. The summed E-state index contributed by atoms with van der Waals surface area (Å²) in [4.78, 5) is 59.0. The topological polar surface area (TPSA) is 231 Å². The van der Waals surface area contributed by atoms with Gasteiger partial charge in [-0.05, 0) is 154 Å². The zero-order chi connectivity index (χ0) is 87.9. The number of rotatable bonds is 91. The molecule has 694 valence electrons. The van der Waals surface area contributed by atoms with Gasteiger partial charge in [0, 0.05) is 19.3 Å². The van der Waals surface area contributed by atoms with Crippen molar-refractivity contribution in [3.63, 3.8) is 0 Å². The Labute approximate surface area is 739 Å². The highest BCUT2D eigenvalue weighted by atomic mass is 31.2. The van der Waals surface area contributed by atoms with E-state index in [2.05, 4.69) is 191 Å². The van der Waals surface area contributed by atoms with Crippen molar-refractivity contribution in [2.24, 2.45) is 0 Å². The Morgan fingerprint density at radius 1 is 0.240 bits per heavy atom. The van der Waals surface area contributed by atoms with Gasteiger partial charge in [-0.2, -0.15) is 0 Å². The van der Waals surface area contributed by atoms with Crippen molar-refractivity contribution in [2.75, 3.05) is 39.6 Å². The number of unbranched alkanes of at least 4 members (excludes halogenated alkanes) is 40. The molecule has 5 atom stereocenters. The van der Waals surface area contributed by atoms with Crippen LogP contribution in [0.1, 0.15) is 406 Å². The van der Waals surface area contributed by atoms with Crippen LogP contribution < -0.4 is 0 Å². The molecule has 121 heavy (non-hydrogen) atoms. The average molecular weight is 1730 g/mol. The fourth-order valence-electron chi connectivity index (χ4n) is 13.1. The third kappa shape index (κ3) is 95.4. The molecule has 16 nitrogen and oxygen atoms in total. The standard InChI is InChI=1S/C103H176O16P2/c1-4-7-10-13-16-19-22-25-28-31-33-35-37-39-41-43-45-47-48-50-52-53-55-57-59-61-63-66-68-71-74-77-80-83-86-89-101(106)113-92-98(104)93-115-120(109,110)116-94-99(105)95-117-121(111,112)118-97-100(119-103(108)91-88-85-82-79-76-73-70-65-30-27-24-21-18-15-12-9-6-3)96-114-102(107)90-87-84-81-78-75-72-69-67-64-62-60-58-56-54-51-49-46-44-42-40-38-36-34-32-29-26-23-20-17-14-11-8-5-2/h7,9-10,12,16-21,25-30,33-36,39-42,45,47,70,73,98-100,104-105H,4-6,8,11,13-15,22-24,31-32,37-38,43-44,46,48-69,71-72,74-97H2,1-3H3,(H,109,110)(H,111,112)/b10-7-,12-9-,19-16-,20-17-,21-18-,28-25-,29-26-,30-27-,35-33-,36-34-,41-39-,42-40-,47-45-,73-70-. The number of hydrogen-bond acceptors (Lipinski definition) is 14. The van der Waals surface area contributed by atoms with E-state index in [0.717, 1.165) is 148 Å². The molecule has 0 aromatic heterocycles. The van der Waals surface area contributed by atoms with E-state index < -0.39 is 91.5 Å². The van der Waals surface area contributed by atoms with Gasteiger partial charge in [0.05, 0.1) is 26.4 Å². The first-order chi connectivity index (χ1) is 59.2. The van der Waals surface area contributed by atoms with E-state index in [1.807, 2.05) is 0 Å². The number of phosphoric ester groups is 2. The zero-order valence-electron chi connectivity index (χ0n) is 76.6. The lowest BCUT2D eigenvalue weighted by Crippen LogP contribution is -2.30. The molecule has 0 aromatic carbocycles. The van der Waals surface area contributed by atoms with Crippen molar-refractivity contribution in [3.05, 3.63) is 170 Å². The number of hydrogen-bond donors (Lipinski definition) is 4. The summed E-state index contributed by atoms with van der Waals surface area (Å²) in [7, 11) is -9.82. The third-order valence-electron chi connectivity index (χ3n) is 20.4. The van der Waals surface area contributed by atoms with E-state index in [0.29, 0.717) is 19.3 Å². The number of carbonyl (C=O) groups is 3. The van der Waals surface area contributed by atoms with Gasteiger partial charge in [0.25, 0.3) is 0 Å². The lowest BCUT2D eigenvalue weighted by molar-refractivity contribution is -0.161. The second-order valence-corrected chi connectivity index (χ2v) is 35.0. The summed E-state index contributed by atoms with van der Waals surface area (Å²) < 4.78 is 61.5. The van der Waals surface area contributed by atoms with Gasteiger partial charge in [-0.25, -0.2) is 9.13 Å². The second kappa shape index (κ2) is 94.1. The first kappa shape index (κ1) is 116. The van der Waals surface area contributed by atoms with Crippen molar-refractivity contribution >= 4 is 33.6 Å². The minimum Gasteiger partial charge on any atom is -0.463 e. The number of allylic oxidation sites excluding steroid dienone is 28. The maximum atomic E-state index is 13.0. The van der Waals surface area contributed by atoms with E-state index >= 15 is 0 Å². The second-order valence-electron chi connectivity index (χ2n) is 32.1. The Morgan fingerprint density at radius 2 is 0.438 bits per heavy atom. The minimum atomic E-state index is -4.95. The lowest BCUT2D eigenvalue weighted by atomic mass is 10.0. The Morgan fingerprint density at radius 3 is 0.694 bits per heavy atom. The van der Waals surface area contributed by atoms with Gasteiger partial charge in [-0.15, -0.1) is 0 Å².